The summed E-state index contributed by atoms with van der Waals surface area (Å²) >= 11 is 0. The van der Waals surface area contributed by atoms with Crippen LogP contribution in [0.4, 0.5) is 0 Å². The van der Waals surface area contributed by atoms with Crippen LogP contribution in [0.15, 0.2) is 0 Å². The normalized spacial score (nSPS) is 12.6. The van der Waals surface area contributed by atoms with Gasteiger partial charge in [0, 0.05) is 13.0 Å². The maximum atomic E-state index is 11.4. The maximum Gasteiger partial charge on any atom is 0.221 e. The van der Waals surface area contributed by atoms with Gasteiger partial charge in [-0.05, 0) is 18.3 Å². The Kier molecular flexibility index (Phi) is 6.77. The predicted molar refractivity (Wildman–Crippen MR) is 61.0 cm³/mol. The van der Waals surface area contributed by atoms with E-state index in [0.29, 0.717) is 24.8 Å². The third-order valence-corrected chi connectivity index (χ3v) is 2.08. The summed E-state index contributed by atoms with van der Waals surface area (Å²) in [6, 6.07) is 2.19. The lowest BCUT2D eigenvalue weighted by molar-refractivity contribution is -0.121. The molecule has 86 valence electrons. The first-order chi connectivity index (χ1) is 6.95. The van der Waals surface area contributed by atoms with E-state index < -0.39 is 0 Å². The lowest BCUT2D eigenvalue weighted by Gasteiger charge is -2.12. The first-order valence-corrected chi connectivity index (χ1v) is 5.62. The Hall–Kier alpha value is -1.04. The van der Waals surface area contributed by atoms with Crippen LogP contribution in [0.5, 0.6) is 0 Å². The number of hydrogen-bond acceptors (Lipinski definition) is 2. The van der Waals surface area contributed by atoms with Crippen LogP contribution in [-0.4, -0.2) is 12.5 Å². The van der Waals surface area contributed by atoms with E-state index in [1.165, 1.54) is 0 Å². The molecule has 0 aromatic heterocycles. The molecule has 1 amide bonds. The first-order valence-electron chi connectivity index (χ1n) is 5.62. The van der Waals surface area contributed by atoms with Gasteiger partial charge in [0.25, 0.3) is 0 Å². The molecule has 0 heterocycles. The van der Waals surface area contributed by atoms with Gasteiger partial charge in [-0.3, -0.25) is 4.79 Å². The molecule has 15 heavy (non-hydrogen) atoms. The van der Waals surface area contributed by atoms with Crippen molar-refractivity contribution in [3.05, 3.63) is 0 Å². The second-order valence-electron chi connectivity index (χ2n) is 4.86. The van der Waals surface area contributed by atoms with Gasteiger partial charge in [0.05, 0.1) is 12.0 Å². The number of nitrogens with zero attached hydrogens (tertiary/aromatic N) is 1. The van der Waals surface area contributed by atoms with Gasteiger partial charge in [0.2, 0.25) is 5.91 Å². The lowest BCUT2D eigenvalue weighted by Crippen LogP contribution is -2.29. The summed E-state index contributed by atoms with van der Waals surface area (Å²) in [5.41, 5.74) is 0. The molecule has 1 unspecified atom stereocenters. The molecule has 0 aliphatic carbocycles. The third-order valence-electron chi connectivity index (χ3n) is 2.08. The van der Waals surface area contributed by atoms with Crippen LogP contribution in [0.3, 0.4) is 0 Å². The average Bonchev–Trinajstić information content (AvgIpc) is 2.13. The van der Waals surface area contributed by atoms with Crippen LogP contribution in [0.1, 0.15) is 40.5 Å². The van der Waals surface area contributed by atoms with Gasteiger partial charge >= 0.3 is 0 Å². The van der Waals surface area contributed by atoms with Gasteiger partial charge in [-0.1, -0.05) is 27.7 Å². The molecule has 0 fully saturated rings. The molecule has 0 aromatic rings. The largest absolute Gasteiger partial charge is 0.356 e. The summed E-state index contributed by atoms with van der Waals surface area (Å²) in [4.78, 5) is 11.4. The van der Waals surface area contributed by atoms with E-state index in [0.717, 1.165) is 6.42 Å². The van der Waals surface area contributed by atoms with E-state index in [1.807, 2.05) is 0 Å². The number of carbonyl (C=O) groups is 1. The highest BCUT2D eigenvalue weighted by atomic mass is 16.1. The smallest absolute Gasteiger partial charge is 0.221 e. The van der Waals surface area contributed by atoms with Crippen molar-refractivity contribution in [2.45, 2.75) is 40.5 Å². The third kappa shape index (κ3) is 7.99. The molecule has 0 bridgehead atoms. The number of rotatable bonds is 6. The van der Waals surface area contributed by atoms with Crippen LogP contribution < -0.4 is 5.32 Å². The summed E-state index contributed by atoms with van der Waals surface area (Å²) in [6.45, 7) is 8.93. The fraction of sp³-hybridized carbons (Fsp3) is 0.833. The van der Waals surface area contributed by atoms with Crippen molar-refractivity contribution in [1.29, 1.82) is 5.26 Å². The zero-order chi connectivity index (χ0) is 11.8. The molecule has 0 spiro atoms. The maximum absolute atomic E-state index is 11.4. The molecular weight excluding hydrogens is 188 g/mol. The topological polar surface area (TPSA) is 52.9 Å². The van der Waals surface area contributed by atoms with Crippen LogP contribution >= 0.6 is 0 Å². The van der Waals surface area contributed by atoms with Gasteiger partial charge in [-0.25, -0.2) is 0 Å². The Balaban J connectivity index is 3.87. The zero-order valence-electron chi connectivity index (χ0n) is 10.2. The standard InChI is InChI=1S/C12H22N2O/c1-9(2)5-11(7-13)6-12(15)14-8-10(3)4/h9-11H,5-6,8H2,1-4H3,(H,14,15). The fourth-order valence-electron chi connectivity index (χ4n) is 1.36. The fourth-order valence-corrected chi connectivity index (χ4v) is 1.36. The Labute approximate surface area is 92.9 Å². The number of nitrogens with one attached hydrogen (secondary N) is 1. The second kappa shape index (κ2) is 7.28. The summed E-state index contributed by atoms with van der Waals surface area (Å²) in [7, 11) is 0. The summed E-state index contributed by atoms with van der Waals surface area (Å²) in [6.07, 6.45) is 1.13. The van der Waals surface area contributed by atoms with E-state index >= 15 is 0 Å². The van der Waals surface area contributed by atoms with E-state index in [9.17, 15) is 4.79 Å². The molecule has 0 radical (unpaired) electrons. The minimum atomic E-state index is -0.142. The minimum absolute atomic E-state index is 0.00380. The second-order valence-corrected chi connectivity index (χ2v) is 4.86. The molecule has 3 nitrogen and oxygen atoms in total. The number of carbonyl (C=O) groups excluding carboxylic acids is 1. The predicted octanol–water partition coefficient (Wildman–Crippen LogP) is 2.33. The van der Waals surface area contributed by atoms with E-state index in [1.54, 1.807) is 0 Å². The quantitative estimate of drug-likeness (QED) is 0.731. The summed E-state index contributed by atoms with van der Waals surface area (Å²) in [5, 5.41) is 11.7. The monoisotopic (exact) mass is 210 g/mol. The summed E-state index contributed by atoms with van der Waals surface area (Å²) in [5.74, 6) is 0.778. The minimum Gasteiger partial charge on any atom is -0.356 e. The zero-order valence-corrected chi connectivity index (χ0v) is 10.2. The van der Waals surface area contributed by atoms with E-state index in [-0.39, 0.29) is 11.8 Å². The number of hydrogen-bond donors (Lipinski definition) is 1. The Morgan fingerprint density at radius 2 is 1.87 bits per heavy atom. The first kappa shape index (κ1) is 14.0. The van der Waals surface area contributed by atoms with E-state index in [2.05, 4.69) is 39.1 Å². The Morgan fingerprint density at radius 3 is 2.27 bits per heavy atom. The van der Waals surface area contributed by atoms with Crippen LogP contribution in [0, 0.1) is 29.1 Å². The Bertz CT molecular complexity index is 228. The molecule has 1 atom stereocenters. The van der Waals surface area contributed by atoms with Gasteiger partial charge in [-0.2, -0.15) is 5.26 Å². The van der Waals surface area contributed by atoms with E-state index in [4.69, 9.17) is 5.26 Å². The molecule has 0 rings (SSSR count). The molecule has 0 saturated heterocycles. The van der Waals surface area contributed by atoms with Crippen molar-refractivity contribution in [1.82, 2.24) is 5.32 Å². The van der Waals surface area contributed by atoms with Crippen LogP contribution in [-0.2, 0) is 4.79 Å². The van der Waals surface area contributed by atoms with Crippen molar-refractivity contribution in [3.63, 3.8) is 0 Å². The lowest BCUT2D eigenvalue weighted by atomic mass is 9.95. The number of nitriles is 1. The molecule has 0 aliphatic heterocycles. The highest BCUT2D eigenvalue weighted by Gasteiger charge is 2.14. The van der Waals surface area contributed by atoms with Crippen LogP contribution in [0.25, 0.3) is 0 Å². The van der Waals surface area contributed by atoms with Crippen molar-refractivity contribution >= 4 is 5.91 Å². The van der Waals surface area contributed by atoms with Crippen molar-refractivity contribution in [3.8, 4) is 6.07 Å². The van der Waals surface area contributed by atoms with Crippen molar-refractivity contribution in [2.24, 2.45) is 17.8 Å². The number of amides is 1. The van der Waals surface area contributed by atoms with Gasteiger partial charge in [-0.15, -0.1) is 0 Å². The highest BCUT2D eigenvalue weighted by molar-refractivity contribution is 5.76. The molecule has 3 heteroatoms. The molecular formula is C12H22N2O. The summed E-state index contributed by atoms with van der Waals surface area (Å²) < 4.78 is 0. The average molecular weight is 210 g/mol. The SMILES string of the molecule is CC(C)CNC(=O)CC(C#N)CC(C)C. The highest BCUT2D eigenvalue weighted by Crippen LogP contribution is 2.14. The van der Waals surface area contributed by atoms with Crippen molar-refractivity contribution in [2.75, 3.05) is 6.54 Å². The van der Waals surface area contributed by atoms with Gasteiger partial charge in [0.1, 0.15) is 0 Å². The molecule has 0 saturated carbocycles. The molecule has 0 aromatic carbocycles. The van der Waals surface area contributed by atoms with Gasteiger partial charge < -0.3 is 5.32 Å². The van der Waals surface area contributed by atoms with Crippen LogP contribution in [0.2, 0.25) is 0 Å². The van der Waals surface area contributed by atoms with Crippen molar-refractivity contribution < 1.29 is 4.79 Å². The Morgan fingerprint density at radius 1 is 1.27 bits per heavy atom. The van der Waals surface area contributed by atoms with Gasteiger partial charge in [0.15, 0.2) is 0 Å². The molecule has 1 N–H and O–H groups in total. The molecule has 0 aliphatic rings.